The molecule has 22 heteroatoms. The summed E-state index contributed by atoms with van der Waals surface area (Å²) >= 11 is 11.7. The number of aromatic nitrogens is 5. The van der Waals surface area contributed by atoms with Crippen molar-refractivity contribution in [3.63, 3.8) is 0 Å². The van der Waals surface area contributed by atoms with Crippen LogP contribution < -0.4 is 20.1 Å². The number of halogens is 2. The molecule has 2 aromatic heterocycles. The van der Waals surface area contributed by atoms with Crippen molar-refractivity contribution in [2.24, 2.45) is 0 Å². The van der Waals surface area contributed by atoms with E-state index in [1.54, 1.807) is 34.9 Å². The third kappa shape index (κ3) is 8.93. The van der Waals surface area contributed by atoms with Crippen LogP contribution in [-0.4, -0.2) is 65.4 Å². The molecule has 7 aromatic rings. The minimum absolute atomic E-state index is 0.0108. The van der Waals surface area contributed by atoms with Gasteiger partial charge in [-0.1, -0.05) is 12.1 Å². The van der Waals surface area contributed by atoms with Gasteiger partial charge in [-0.25, -0.2) is 13.4 Å². The molecular formula is C36H28Cl2N8O9S3. The Morgan fingerprint density at radius 1 is 0.690 bits per heavy atom. The largest absolute Gasteiger partial charge is 0.744 e. The van der Waals surface area contributed by atoms with Crippen LogP contribution in [0.4, 0.5) is 28.7 Å². The van der Waals surface area contributed by atoms with Gasteiger partial charge in [-0.15, -0.1) is 4.57 Å². The third-order valence-corrected chi connectivity index (χ3v) is 11.7. The Morgan fingerprint density at radius 2 is 1.33 bits per heavy atom. The third-order valence-electron chi connectivity index (χ3n) is 8.73. The summed E-state index contributed by atoms with van der Waals surface area (Å²) in [6.45, 7) is 2.65. The highest BCUT2D eigenvalue weighted by Gasteiger charge is 2.24. The molecule has 0 fully saturated rings. The molecular weight excluding hydrogens is 856 g/mol. The van der Waals surface area contributed by atoms with Gasteiger partial charge in [0.15, 0.2) is 0 Å². The molecule has 17 nitrogen and oxygen atoms in total. The van der Waals surface area contributed by atoms with Crippen LogP contribution in [0.5, 0.6) is 0 Å². The van der Waals surface area contributed by atoms with E-state index in [9.17, 15) is 38.9 Å². The molecule has 0 spiro atoms. The molecule has 0 saturated heterocycles. The molecule has 4 N–H and O–H groups in total. The number of nitrogens with one attached hydrogen (secondary N) is 2. The van der Waals surface area contributed by atoms with Crippen LogP contribution >= 0.6 is 23.2 Å². The fourth-order valence-corrected chi connectivity index (χ4v) is 8.21. The molecule has 0 aliphatic heterocycles. The van der Waals surface area contributed by atoms with E-state index in [-0.39, 0.29) is 39.3 Å². The minimum atomic E-state index is -4.82. The van der Waals surface area contributed by atoms with Crippen LogP contribution in [0.3, 0.4) is 0 Å². The van der Waals surface area contributed by atoms with Crippen LogP contribution in [0.15, 0.2) is 118 Å². The zero-order chi connectivity index (χ0) is 41.6. The smallest absolute Gasteiger partial charge is 0.296 e. The Hall–Kier alpha value is -5.58. The molecule has 0 saturated carbocycles. The molecule has 0 amide bonds. The van der Waals surface area contributed by atoms with Gasteiger partial charge < -0.3 is 20.1 Å². The minimum Gasteiger partial charge on any atom is -0.744 e. The number of hydrogen-bond acceptors (Lipinski definition) is 14. The van der Waals surface area contributed by atoms with E-state index in [0.717, 1.165) is 6.07 Å². The zero-order valence-corrected chi connectivity index (χ0v) is 33.6. The predicted molar refractivity (Wildman–Crippen MR) is 214 cm³/mol. The normalized spacial score (nSPS) is 12.2. The van der Waals surface area contributed by atoms with Crippen LogP contribution in [0.1, 0.15) is 12.5 Å². The standard InChI is InChI=1S/C36H28Cl2N8O9S3/c1-2-45(20-21-4-3-5-27(16-21)57(50,51)52)25-10-15-29-32(19-25)46(24-8-11-26(12-9-24)56(47,48)49)31-17-22(6-13-28(31)41-29)39-30-14-7-23(18-33(30)58(53,54)55)40-36-43-34(37)42-35(38)44-36/h3-19H,2,20H2,1H3,(H4,40,41,42,43,44,47,48,49,50,51,52,53,54,55). The Kier molecular flexibility index (Phi) is 11.0. The average Bonchev–Trinajstić information content (AvgIpc) is 3.15. The lowest BCUT2D eigenvalue weighted by Crippen LogP contribution is -2.34. The number of benzene rings is 5. The summed E-state index contributed by atoms with van der Waals surface area (Å²) in [4.78, 5) is 17.1. The maximum absolute atomic E-state index is 12.6. The first-order chi connectivity index (χ1) is 27.3. The van der Waals surface area contributed by atoms with Crippen LogP contribution in [0.25, 0.3) is 27.8 Å². The van der Waals surface area contributed by atoms with E-state index >= 15 is 0 Å². The maximum atomic E-state index is 12.6. The molecule has 5 aromatic carbocycles. The first kappa shape index (κ1) is 40.6. The van der Waals surface area contributed by atoms with Crippen molar-refractivity contribution in [1.29, 1.82) is 0 Å². The van der Waals surface area contributed by atoms with E-state index < -0.39 is 40.1 Å². The molecule has 0 aliphatic carbocycles. The predicted octanol–water partition coefficient (Wildman–Crippen LogP) is 6.07. The highest BCUT2D eigenvalue weighted by molar-refractivity contribution is 7.86. The fourth-order valence-electron chi connectivity index (χ4n) is 6.15. The van der Waals surface area contributed by atoms with Crippen molar-refractivity contribution in [2.75, 3.05) is 22.1 Å². The monoisotopic (exact) mass is 882 g/mol. The second-order valence-corrected chi connectivity index (χ2v) is 17.4. The van der Waals surface area contributed by atoms with Gasteiger partial charge in [0.25, 0.3) is 20.2 Å². The topological polar surface area (TPSA) is 249 Å². The first-order valence-corrected chi connectivity index (χ1v) is 21.8. The summed E-state index contributed by atoms with van der Waals surface area (Å²) in [6.07, 6.45) is 0. The lowest BCUT2D eigenvalue weighted by molar-refractivity contribution is -0.538. The van der Waals surface area contributed by atoms with Gasteiger partial charge in [-0.3, -0.25) is 9.11 Å². The molecule has 2 heterocycles. The lowest BCUT2D eigenvalue weighted by Gasteiger charge is -2.23. The molecule has 0 bridgehead atoms. The van der Waals surface area contributed by atoms with Crippen LogP contribution in [0, 0.1) is 0 Å². The molecule has 298 valence electrons. The quantitative estimate of drug-likeness (QED) is 0.0618. The highest BCUT2D eigenvalue weighted by Crippen LogP contribution is 2.31. The molecule has 58 heavy (non-hydrogen) atoms. The van der Waals surface area contributed by atoms with E-state index in [2.05, 4.69) is 25.6 Å². The molecule has 0 radical (unpaired) electrons. The molecule has 0 unspecified atom stereocenters. The first-order valence-electron chi connectivity index (χ1n) is 16.8. The van der Waals surface area contributed by atoms with Gasteiger partial charge in [-0.05, 0) is 102 Å². The zero-order valence-electron chi connectivity index (χ0n) is 29.6. The Labute approximate surface area is 341 Å². The fraction of sp³-hybridized carbons (Fsp3) is 0.0833. The number of rotatable bonds is 12. The number of hydrogen-bond donors (Lipinski definition) is 4. The van der Waals surface area contributed by atoms with Gasteiger partial charge in [0.2, 0.25) is 33.2 Å². The Balaban J connectivity index is 1.34. The highest BCUT2D eigenvalue weighted by atomic mass is 35.5. The second-order valence-electron chi connectivity index (χ2n) is 12.5. The Bertz CT molecular complexity index is 3090. The molecule has 0 aliphatic rings. The van der Waals surface area contributed by atoms with Gasteiger partial charge >= 0.3 is 0 Å². The number of nitrogens with zero attached hydrogens (tertiary/aromatic N) is 6. The SMILES string of the molecule is CCN(Cc1cccc(S(=O)(=O)O)c1)c1ccc2nc3ccc(Nc4ccc(Nc5nc(Cl)nc(Cl)n5)cc4S(=O)(=O)O)cc3[n+](-c3ccc(S(=O)(=O)[O-])cc3)c2c1. The van der Waals surface area contributed by atoms with E-state index in [1.807, 2.05) is 24.0 Å². The van der Waals surface area contributed by atoms with Gasteiger partial charge in [-0.2, -0.15) is 31.8 Å². The van der Waals surface area contributed by atoms with Gasteiger partial charge in [0.1, 0.15) is 26.0 Å². The van der Waals surface area contributed by atoms with E-state index in [1.165, 1.54) is 54.6 Å². The van der Waals surface area contributed by atoms with Crippen LogP contribution in [-0.2, 0) is 36.9 Å². The summed E-state index contributed by atoms with van der Waals surface area (Å²) in [7, 11) is -14.0. The summed E-state index contributed by atoms with van der Waals surface area (Å²) in [6, 6.07) is 25.7. The number of anilines is 5. The lowest BCUT2D eigenvalue weighted by atomic mass is 10.1. The van der Waals surface area contributed by atoms with Crippen molar-refractivity contribution in [1.82, 2.24) is 19.9 Å². The van der Waals surface area contributed by atoms with E-state index in [4.69, 9.17) is 28.2 Å². The van der Waals surface area contributed by atoms with Crippen molar-refractivity contribution in [3.05, 3.63) is 119 Å². The van der Waals surface area contributed by atoms with Gasteiger partial charge in [0.05, 0.1) is 15.5 Å². The summed E-state index contributed by atoms with van der Waals surface area (Å²) in [5, 5.41) is 5.39. The van der Waals surface area contributed by atoms with E-state index in [0.29, 0.717) is 51.2 Å². The molecule has 7 rings (SSSR count). The van der Waals surface area contributed by atoms with Crippen molar-refractivity contribution < 1.29 is 43.5 Å². The van der Waals surface area contributed by atoms with Crippen molar-refractivity contribution in [3.8, 4) is 5.69 Å². The van der Waals surface area contributed by atoms with Gasteiger partial charge in [0, 0.05) is 54.4 Å². The summed E-state index contributed by atoms with van der Waals surface area (Å²) < 4.78 is 106. The number of fused-ring (bicyclic) bond motifs is 2. The summed E-state index contributed by atoms with van der Waals surface area (Å²) in [5.74, 6) is -0.0803. The Morgan fingerprint density at radius 3 is 1.97 bits per heavy atom. The van der Waals surface area contributed by atoms with Crippen molar-refractivity contribution in [2.45, 2.75) is 28.2 Å². The average molecular weight is 884 g/mol. The van der Waals surface area contributed by atoms with Crippen LogP contribution in [0.2, 0.25) is 10.6 Å². The second kappa shape index (κ2) is 15.6. The summed E-state index contributed by atoms with van der Waals surface area (Å²) in [5.41, 5.74) is 4.26. The maximum Gasteiger partial charge on any atom is 0.296 e. The van der Waals surface area contributed by atoms with Crippen molar-refractivity contribution >= 4 is 104 Å². The molecule has 0 atom stereocenters.